The van der Waals surface area contributed by atoms with Crippen molar-refractivity contribution in [3.05, 3.63) is 30.1 Å². The number of nitrogens with one attached hydrogen (secondary N) is 3. The van der Waals surface area contributed by atoms with E-state index in [1.807, 2.05) is 6.07 Å². The maximum absolute atomic E-state index is 12.8. The first-order chi connectivity index (χ1) is 13.1. The van der Waals surface area contributed by atoms with Crippen LogP contribution in [-0.4, -0.2) is 34.1 Å². The monoisotopic (exact) mass is 369 g/mol. The third-order valence-electron chi connectivity index (χ3n) is 6.04. The summed E-state index contributed by atoms with van der Waals surface area (Å²) in [5.74, 6) is 1.56. The van der Waals surface area contributed by atoms with Crippen molar-refractivity contribution in [3.8, 4) is 0 Å². The number of aromatic nitrogens is 2. The molecule has 2 aliphatic rings. The van der Waals surface area contributed by atoms with Crippen molar-refractivity contribution in [1.82, 2.24) is 25.7 Å². The van der Waals surface area contributed by atoms with Gasteiger partial charge in [-0.15, -0.1) is 0 Å². The van der Waals surface area contributed by atoms with Gasteiger partial charge in [0, 0.05) is 31.0 Å². The van der Waals surface area contributed by atoms with Crippen LogP contribution in [0.15, 0.2) is 24.3 Å². The molecular formula is C21H31N5O. The van der Waals surface area contributed by atoms with Crippen LogP contribution in [-0.2, 0) is 11.2 Å². The number of hydrazine groups is 1. The lowest BCUT2D eigenvalue weighted by Gasteiger charge is -2.20. The average Bonchev–Trinajstić information content (AvgIpc) is 3.15. The summed E-state index contributed by atoms with van der Waals surface area (Å²) in [5.41, 5.74) is 8.78. The molecular weight excluding hydrogens is 338 g/mol. The van der Waals surface area contributed by atoms with E-state index >= 15 is 0 Å². The van der Waals surface area contributed by atoms with Crippen LogP contribution < -0.4 is 16.2 Å². The minimum Gasteiger partial charge on any atom is -0.354 e. The molecule has 27 heavy (non-hydrogen) atoms. The van der Waals surface area contributed by atoms with E-state index in [9.17, 15) is 4.79 Å². The number of fused-ring (bicyclic) bond motifs is 2. The number of benzene rings is 1. The van der Waals surface area contributed by atoms with Crippen LogP contribution in [0.1, 0.15) is 57.8 Å². The lowest BCUT2D eigenvalue weighted by Crippen LogP contribution is -2.46. The van der Waals surface area contributed by atoms with Crippen molar-refractivity contribution in [1.29, 1.82) is 0 Å². The van der Waals surface area contributed by atoms with Gasteiger partial charge in [0.2, 0.25) is 5.91 Å². The molecule has 0 bridgehead atoms. The molecule has 1 aliphatic heterocycles. The van der Waals surface area contributed by atoms with Gasteiger partial charge in [-0.2, -0.15) is 0 Å². The van der Waals surface area contributed by atoms with Crippen LogP contribution in [0.25, 0.3) is 11.0 Å². The number of carbonyl (C=O) groups excluding carboxylic acids is 1. The Kier molecular flexibility index (Phi) is 5.45. The van der Waals surface area contributed by atoms with Gasteiger partial charge in [0.05, 0.1) is 11.0 Å². The zero-order chi connectivity index (χ0) is 18.8. The number of imidazole rings is 1. The topological polar surface area (TPSA) is 71.0 Å². The van der Waals surface area contributed by atoms with E-state index in [4.69, 9.17) is 4.98 Å². The van der Waals surface area contributed by atoms with Gasteiger partial charge in [-0.3, -0.25) is 10.2 Å². The van der Waals surface area contributed by atoms with Crippen molar-refractivity contribution < 1.29 is 4.79 Å². The third-order valence-corrected chi connectivity index (χ3v) is 6.04. The van der Waals surface area contributed by atoms with E-state index in [0.717, 1.165) is 29.7 Å². The van der Waals surface area contributed by atoms with E-state index in [1.165, 1.54) is 25.7 Å². The van der Waals surface area contributed by atoms with E-state index in [-0.39, 0.29) is 11.9 Å². The Hall–Kier alpha value is -1.92. The first-order valence-corrected chi connectivity index (χ1v) is 10.4. The minimum atomic E-state index is -0.114. The molecule has 0 radical (unpaired) electrons. The van der Waals surface area contributed by atoms with Crippen molar-refractivity contribution in [2.24, 2.45) is 5.92 Å². The zero-order valence-corrected chi connectivity index (χ0v) is 16.4. The van der Waals surface area contributed by atoms with Gasteiger partial charge in [-0.05, 0) is 38.8 Å². The Balaban J connectivity index is 1.39. The molecule has 4 rings (SSSR count). The minimum absolute atomic E-state index is 0.114. The van der Waals surface area contributed by atoms with E-state index in [1.54, 1.807) is 0 Å². The normalized spacial score (nSPS) is 25.5. The predicted molar refractivity (Wildman–Crippen MR) is 107 cm³/mol. The number of hydrogen-bond acceptors (Lipinski definition) is 4. The van der Waals surface area contributed by atoms with Crippen molar-refractivity contribution in [2.45, 2.75) is 70.5 Å². The number of para-hydroxylation sites is 2. The first kappa shape index (κ1) is 18.4. The predicted octanol–water partition coefficient (Wildman–Crippen LogP) is 2.70. The molecule has 1 saturated carbocycles. The summed E-state index contributed by atoms with van der Waals surface area (Å²) in [5, 5.41) is 3.14. The molecule has 2 heterocycles. The largest absolute Gasteiger partial charge is 0.354 e. The molecule has 1 aliphatic carbocycles. The van der Waals surface area contributed by atoms with Crippen LogP contribution >= 0.6 is 0 Å². The van der Waals surface area contributed by atoms with Crippen LogP contribution in [0, 0.1) is 5.92 Å². The van der Waals surface area contributed by atoms with Gasteiger partial charge in [0.1, 0.15) is 11.9 Å². The smallest absolute Gasteiger partial charge is 0.238 e. The molecule has 0 spiro atoms. The SMILES string of the molecule is CC(C)n1c(CCNC(=O)C2NNC3CCCCCC32)nc2ccccc21. The second kappa shape index (κ2) is 7.98. The summed E-state index contributed by atoms with van der Waals surface area (Å²) >= 11 is 0. The van der Waals surface area contributed by atoms with Crippen LogP contribution in [0.2, 0.25) is 0 Å². The molecule has 3 atom stereocenters. The summed E-state index contributed by atoms with van der Waals surface area (Å²) in [6, 6.07) is 8.91. The Morgan fingerprint density at radius 3 is 2.89 bits per heavy atom. The third kappa shape index (κ3) is 3.73. The fraction of sp³-hybridized carbons (Fsp3) is 0.619. The molecule has 1 aromatic heterocycles. The summed E-state index contributed by atoms with van der Waals surface area (Å²) in [7, 11) is 0. The number of rotatable bonds is 5. The Morgan fingerprint density at radius 1 is 1.22 bits per heavy atom. The maximum Gasteiger partial charge on any atom is 0.238 e. The van der Waals surface area contributed by atoms with Gasteiger partial charge in [-0.25, -0.2) is 10.4 Å². The highest BCUT2D eigenvalue weighted by Crippen LogP contribution is 2.29. The summed E-state index contributed by atoms with van der Waals surface area (Å²) in [6.07, 6.45) is 6.81. The molecule has 1 saturated heterocycles. The molecule has 3 unspecified atom stereocenters. The first-order valence-electron chi connectivity index (χ1n) is 10.4. The van der Waals surface area contributed by atoms with Crippen LogP contribution in [0.5, 0.6) is 0 Å². The summed E-state index contributed by atoms with van der Waals surface area (Å²) in [4.78, 5) is 17.5. The van der Waals surface area contributed by atoms with Gasteiger partial charge < -0.3 is 9.88 Å². The summed E-state index contributed by atoms with van der Waals surface area (Å²) in [6.45, 7) is 4.97. The number of carbonyl (C=O) groups is 1. The molecule has 146 valence electrons. The molecule has 2 aromatic rings. The number of amides is 1. The highest BCUT2D eigenvalue weighted by molar-refractivity contribution is 5.82. The van der Waals surface area contributed by atoms with Crippen LogP contribution in [0.3, 0.4) is 0 Å². The fourth-order valence-corrected chi connectivity index (χ4v) is 4.73. The number of nitrogens with zero attached hydrogens (tertiary/aromatic N) is 2. The van der Waals surface area contributed by atoms with Gasteiger partial charge in [0.15, 0.2) is 0 Å². The summed E-state index contributed by atoms with van der Waals surface area (Å²) < 4.78 is 2.28. The molecule has 6 nitrogen and oxygen atoms in total. The highest BCUT2D eigenvalue weighted by Gasteiger charge is 2.39. The maximum atomic E-state index is 12.8. The van der Waals surface area contributed by atoms with Gasteiger partial charge >= 0.3 is 0 Å². The van der Waals surface area contributed by atoms with E-state index in [0.29, 0.717) is 24.5 Å². The van der Waals surface area contributed by atoms with Gasteiger partial charge in [-0.1, -0.05) is 31.4 Å². The zero-order valence-electron chi connectivity index (χ0n) is 16.4. The average molecular weight is 370 g/mol. The van der Waals surface area contributed by atoms with Crippen molar-refractivity contribution in [2.75, 3.05) is 6.54 Å². The van der Waals surface area contributed by atoms with Crippen molar-refractivity contribution >= 4 is 16.9 Å². The second-order valence-electron chi connectivity index (χ2n) is 8.20. The fourth-order valence-electron chi connectivity index (χ4n) is 4.73. The van der Waals surface area contributed by atoms with Gasteiger partial charge in [0.25, 0.3) is 0 Å². The lowest BCUT2D eigenvalue weighted by molar-refractivity contribution is -0.123. The molecule has 1 aromatic carbocycles. The standard InChI is InChI=1S/C21H31N5O/c1-14(2)26-18-11-7-6-10-17(18)23-19(26)12-13-22-21(27)20-15-8-4-3-5-9-16(15)24-25-20/h6-7,10-11,14-16,20,24-25H,3-5,8-9,12-13H2,1-2H3,(H,22,27). The lowest BCUT2D eigenvalue weighted by atomic mass is 9.90. The molecule has 3 N–H and O–H groups in total. The van der Waals surface area contributed by atoms with Crippen molar-refractivity contribution in [3.63, 3.8) is 0 Å². The Bertz CT molecular complexity index is 799. The molecule has 1 amide bonds. The Labute approximate surface area is 161 Å². The quantitative estimate of drug-likeness (QED) is 0.758. The molecule has 2 fully saturated rings. The van der Waals surface area contributed by atoms with Crippen LogP contribution in [0.4, 0.5) is 0 Å². The van der Waals surface area contributed by atoms with E-state index in [2.05, 4.69) is 52.8 Å². The van der Waals surface area contributed by atoms with E-state index < -0.39 is 0 Å². The highest BCUT2D eigenvalue weighted by atomic mass is 16.2. The number of hydrogen-bond donors (Lipinski definition) is 3. The Morgan fingerprint density at radius 2 is 2.04 bits per heavy atom. The second-order valence-corrected chi connectivity index (χ2v) is 8.20. The molecule has 6 heteroatoms.